The fourth-order valence-electron chi connectivity index (χ4n) is 4.93. The second kappa shape index (κ2) is 11.9. The number of nitrogens with zero attached hydrogens (tertiary/aromatic N) is 1. The van der Waals surface area contributed by atoms with Crippen molar-refractivity contribution in [2.24, 2.45) is 0 Å². The third-order valence-electron chi connectivity index (χ3n) is 6.77. The van der Waals surface area contributed by atoms with Crippen molar-refractivity contribution in [1.29, 1.82) is 0 Å². The quantitative estimate of drug-likeness (QED) is 0.0803. The molecule has 5 rings (SSSR count). The molecule has 0 spiro atoms. The van der Waals surface area contributed by atoms with Crippen molar-refractivity contribution >= 4 is 23.9 Å². The Balaban J connectivity index is 1.44. The molecule has 0 saturated heterocycles. The van der Waals surface area contributed by atoms with Gasteiger partial charge in [0.25, 0.3) is 0 Å². The summed E-state index contributed by atoms with van der Waals surface area (Å²) < 4.78 is 15.6. The average molecular weight is 599 g/mol. The third-order valence-corrected chi connectivity index (χ3v) is 6.77. The molecule has 1 aliphatic carbocycles. The van der Waals surface area contributed by atoms with Gasteiger partial charge in [0.1, 0.15) is 17.3 Å². The van der Waals surface area contributed by atoms with E-state index < -0.39 is 47.2 Å². The van der Waals surface area contributed by atoms with Gasteiger partial charge in [0, 0.05) is 17.7 Å². The van der Waals surface area contributed by atoms with Gasteiger partial charge in [-0.25, -0.2) is 14.4 Å². The molecule has 0 saturated carbocycles. The molecule has 226 valence electrons. The molecule has 1 unspecified atom stereocenters. The Kier molecular flexibility index (Phi) is 8.04. The number of rotatable bonds is 6. The number of carbonyl (C=O) groups excluding carboxylic acids is 3. The minimum absolute atomic E-state index is 0.0477. The molecule has 1 aliphatic rings. The molecule has 11 nitrogen and oxygen atoms in total. The van der Waals surface area contributed by atoms with Crippen LogP contribution in [0.15, 0.2) is 91.0 Å². The summed E-state index contributed by atoms with van der Waals surface area (Å²) in [6.45, 7) is 5.21. The SMILES string of the molecule is CC(C)(C)OC(=O)Nc1cccc(C(C=CC2c3ccccc3-c3ccccc32)OC(=O)OC(=O)c2cc(O)n(O)c2O)c1. The van der Waals surface area contributed by atoms with Crippen molar-refractivity contribution in [3.05, 3.63) is 113 Å². The number of nitrogens with one attached hydrogen (secondary N) is 1. The van der Waals surface area contributed by atoms with Crippen LogP contribution in [-0.2, 0) is 14.2 Å². The smallest absolute Gasteiger partial charge is 0.492 e. The Bertz CT molecular complexity index is 1720. The van der Waals surface area contributed by atoms with Crippen LogP contribution in [0.3, 0.4) is 0 Å². The third kappa shape index (κ3) is 6.36. The number of carbonyl (C=O) groups is 3. The number of allylic oxidation sites excluding steroid dienone is 1. The van der Waals surface area contributed by atoms with Crippen molar-refractivity contribution in [2.75, 3.05) is 5.32 Å². The highest BCUT2D eigenvalue weighted by Gasteiger charge is 2.28. The van der Waals surface area contributed by atoms with Gasteiger partial charge in [-0.15, -0.1) is 4.73 Å². The van der Waals surface area contributed by atoms with Crippen LogP contribution in [-0.4, -0.2) is 44.0 Å². The van der Waals surface area contributed by atoms with Crippen molar-refractivity contribution < 1.29 is 44.0 Å². The highest BCUT2D eigenvalue weighted by Crippen LogP contribution is 2.45. The molecule has 1 heterocycles. The zero-order valence-electron chi connectivity index (χ0n) is 24.1. The molecule has 4 N–H and O–H groups in total. The number of aromatic nitrogens is 1. The maximum absolute atomic E-state index is 12.8. The number of aromatic hydroxyl groups is 2. The molecule has 1 aromatic heterocycles. The Labute approximate surface area is 252 Å². The van der Waals surface area contributed by atoms with Crippen LogP contribution in [0, 0.1) is 0 Å². The predicted molar refractivity (Wildman–Crippen MR) is 159 cm³/mol. The standard InChI is InChI=1S/C33H30N2O9/c1-33(2,3)44-31(39)34-20-10-8-9-19(17-20)27(42-32(40)43-30(38)26-18-28(36)35(41)29(26)37)16-15-25-23-13-6-4-11-21(23)22-12-5-7-14-24(22)25/h4-18,25,27,36-37,41H,1-3H3,(H,34,39). The van der Waals surface area contributed by atoms with Crippen LogP contribution >= 0.6 is 0 Å². The molecule has 3 aromatic carbocycles. The fraction of sp³-hybridized carbons (Fsp3) is 0.182. The van der Waals surface area contributed by atoms with Crippen LogP contribution in [0.2, 0.25) is 0 Å². The Morgan fingerprint density at radius 1 is 0.909 bits per heavy atom. The first kappa shape index (κ1) is 29.8. The summed E-state index contributed by atoms with van der Waals surface area (Å²) in [7, 11) is 0. The molecule has 1 atom stereocenters. The van der Waals surface area contributed by atoms with Gasteiger partial charge in [0.2, 0.25) is 11.8 Å². The second-order valence-electron chi connectivity index (χ2n) is 11.0. The number of fused-ring (bicyclic) bond motifs is 3. The summed E-state index contributed by atoms with van der Waals surface area (Å²) in [6, 6.07) is 23.2. The zero-order valence-corrected chi connectivity index (χ0v) is 24.1. The topological polar surface area (TPSA) is 157 Å². The van der Waals surface area contributed by atoms with Gasteiger partial charge in [0.15, 0.2) is 0 Å². The van der Waals surface area contributed by atoms with E-state index in [9.17, 15) is 29.8 Å². The molecular weight excluding hydrogens is 568 g/mol. The highest BCUT2D eigenvalue weighted by molar-refractivity contribution is 5.97. The Morgan fingerprint density at radius 3 is 2.14 bits per heavy atom. The van der Waals surface area contributed by atoms with Crippen molar-refractivity contribution in [3.8, 4) is 22.9 Å². The van der Waals surface area contributed by atoms with Gasteiger partial charge in [-0.2, -0.15) is 0 Å². The van der Waals surface area contributed by atoms with E-state index >= 15 is 0 Å². The summed E-state index contributed by atoms with van der Waals surface area (Å²) in [5, 5.41) is 31.5. The van der Waals surface area contributed by atoms with Gasteiger partial charge in [-0.3, -0.25) is 5.32 Å². The van der Waals surface area contributed by atoms with Crippen LogP contribution < -0.4 is 5.32 Å². The molecule has 0 fully saturated rings. The van der Waals surface area contributed by atoms with E-state index in [0.717, 1.165) is 28.3 Å². The van der Waals surface area contributed by atoms with E-state index in [1.807, 2.05) is 54.6 Å². The lowest BCUT2D eigenvalue weighted by Crippen LogP contribution is -2.27. The minimum Gasteiger partial charge on any atom is -0.492 e. The maximum Gasteiger partial charge on any atom is 0.517 e. The second-order valence-corrected chi connectivity index (χ2v) is 11.0. The normalized spacial score (nSPS) is 13.2. The zero-order chi connectivity index (χ0) is 31.6. The predicted octanol–water partition coefficient (Wildman–Crippen LogP) is 6.89. The number of amides is 1. The first-order valence-corrected chi connectivity index (χ1v) is 13.6. The molecule has 0 radical (unpaired) electrons. The summed E-state index contributed by atoms with van der Waals surface area (Å²) in [6.07, 6.45) is 0.349. The summed E-state index contributed by atoms with van der Waals surface area (Å²) in [4.78, 5) is 37.7. The Hall–Kier alpha value is -5.71. The van der Waals surface area contributed by atoms with Gasteiger partial charge in [0.05, 0.1) is 0 Å². The van der Waals surface area contributed by atoms with E-state index in [0.29, 0.717) is 11.3 Å². The fourth-order valence-corrected chi connectivity index (χ4v) is 4.93. The van der Waals surface area contributed by atoms with Gasteiger partial charge >= 0.3 is 18.2 Å². The molecule has 4 aromatic rings. The van der Waals surface area contributed by atoms with Crippen LogP contribution in [0.4, 0.5) is 15.3 Å². The van der Waals surface area contributed by atoms with E-state index in [-0.39, 0.29) is 10.6 Å². The van der Waals surface area contributed by atoms with E-state index in [1.165, 1.54) is 0 Å². The molecule has 0 bridgehead atoms. The Morgan fingerprint density at radius 2 is 1.55 bits per heavy atom. The van der Waals surface area contributed by atoms with Crippen LogP contribution in [0.25, 0.3) is 11.1 Å². The van der Waals surface area contributed by atoms with Crippen molar-refractivity contribution in [3.63, 3.8) is 0 Å². The number of benzene rings is 3. The largest absolute Gasteiger partial charge is 0.517 e. The van der Waals surface area contributed by atoms with Gasteiger partial charge in [-0.05, 0) is 66.8 Å². The number of anilines is 1. The van der Waals surface area contributed by atoms with E-state index in [4.69, 9.17) is 14.2 Å². The minimum atomic E-state index is -1.41. The first-order chi connectivity index (χ1) is 20.9. The molecule has 0 aliphatic heterocycles. The van der Waals surface area contributed by atoms with E-state index in [2.05, 4.69) is 5.32 Å². The molecule has 1 amide bonds. The van der Waals surface area contributed by atoms with Crippen molar-refractivity contribution in [2.45, 2.75) is 38.4 Å². The van der Waals surface area contributed by atoms with Gasteiger partial charge in [-0.1, -0.05) is 66.7 Å². The molecule has 11 heteroatoms. The summed E-state index contributed by atoms with van der Waals surface area (Å²) in [5.41, 5.74) is 3.71. The lowest BCUT2D eigenvalue weighted by Gasteiger charge is -2.20. The monoisotopic (exact) mass is 598 g/mol. The van der Waals surface area contributed by atoms with Crippen molar-refractivity contribution in [1.82, 2.24) is 4.73 Å². The molecule has 44 heavy (non-hydrogen) atoms. The van der Waals surface area contributed by atoms with E-state index in [1.54, 1.807) is 51.1 Å². The first-order valence-electron chi connectivity index (χ1n) is 13.6. The molecular formula is C33H30N2O9. The van der Waals surface area contributed by atoms with Crippen LogP contribution in [0.1, 0.15) is 59.8 Å². The van der Waals surface area contributed by atoms with Gasteiger partial charge < -0.3 is 29.6 Å². The lowest BCUT2D eigenvalue weighted by atomic mass is 9.95. The number of hydrogen-bond donors (Lipinski definition) is 4. The number of ether oxygens (including phenoxy) is 3. The van der Waals surface area contributed by atoms with Crippen LogP contribution in [0.5, 0.6) is 11.8 Å². The number of hydrogen-bond acceptors (Lipinski definition) is 9. The summed E-state index contributed by atoms with van der Waals surface area (Å²) in [5.74, 6) is -3.39. The average Bonchev–Trinajstić information content (AvgIpc) is 3.43. The number of esters is 1. The highest BCUT2D eigenvalue weighted by atomic mass is 16.7. The lowest BCUT2D eigenvalue weighted by molar-refractivity contribution is 0.0288. The maximum atomic E-state index is 12.8. The summed E-state index contributed by atoms with van der Waals surface area (Å²) >= 11 is 0.